The van der Waals surface area contributed by atoms with Gasteiger partial charge in [0.25, 0.3) is 0 Å². The summed E-state index contributed by atoms with van der Waals surface area (Å²) >= 11 is 0. The van der Waals surface area contributed by atoms with Crippen molar-refractivity contribution in [1.29, 1.82) is 0 Å². The lowest BCUT2D eigenvalue weighted by atomic mass is 10.3. The molecule has 0 radical (unpaired) electrons. The Morgan fingerprint density at radius 2 is 2.54 bits per heavy atom. The van der Waals surface area contributed by atoms with Gasteiger partial charge in [0.1, 0.15) is 6.04 Å². The molecule has 0 saturated heterocycles. The Balaban J connectivity index is 2.39. The Bertz CT molecular complexity index is 295. The molecule has 1 aromatic heterocycles. The molecule has 5 heteroatoms. The van der Waals surface area contributed by atoms with Crippen LogP contribution in [0.2, 0.25) is 0 Å². The molecule has 72 valence electrons. The molecule has 1 rings (SSSR count). The molecule has 1 heterocycles. The van der Waals surface area contributed by atoms with Crippen LogP contribution in [0.5, 0.6) is 0 Å². The molecule has 0 amide bonds. The van der Waals surface area contributed by atoms with Gasteiger partial charge in [-0.25, -0.2) is 0 Å². The summed E-state index contributed by atoms with van der Waals surface area (Å²) in [6, 6.07) is -0.528. The van der Waals surface area contributed by atoms with Crippen LogP contribution in [0.15, 0.2) is 12.4 Å². The average molecular weight is 183 g/mol. The van der Waals surface area contributed by atoms with Crippen molar-refractivity contribution in [1.82, 2.24) is 15.1 Å². The van der Waals surface area contributed by atoms with E-state index in [1.807, 2.05) is 13.2 Å². The minimum Gasteiger partial charge on any atom is -0.480 e. The third-order valence-electron chi connectivity index (χ3n) is 1.74. The molecule has 0 spiro atoms. The van der Waals surface area contributed by atoms with Crippen LogP contribution < -0.4 is 5.32 Å². The maximum atomic E-state index is 10.4. The van der Waals surface area contributed by atoms with E-state index in [-0.39, 0.29) is 0 Å². The Labute approximate surface area is 76.4 Å². The first-order valence-electron chi connectivity index (χ1n) is 4.03. The van der Waals surface area contributed by atoms with E-state index in [9.17, 15) is 4.79 Å². The van der Waals surface area contributed by atoms with Gasteiger partial charge in [0.2, 0.25) is 0 Å². The third kappa shape index (κ3) is 2.87. The number of carbonyl (C=O) groups is 1. The standard InChI is InChI=1S/C8H13N3O2/c1-6(8(12)13)9-3-7-4-10-11(2)5-7/h4-6,9H,3H2,1-2H3,(H,12,13)/t6-/m0/s1. The second-order valence-electron chi connectivity index (χ2n) is 2.96. The molecule has 5 nitrogen and oxygen atoms in total. The van der Waals surface area contributed by atoms with Crippen molar-refractivity contribution >= 4 is 5.97 Å². The lowest BCUT2D eigenvalue weighted by Gasteiger charge is -2.06. The number of carboxylic acid groups (broad SMARTS) is 1. The molecule has 0 aromatic carbocycles. The van der Waals surface area contributed by atoms with Gasteiger partial charge in [0.15, 0.2) is 0 Å². The average Bonchev–Trinajstić information content (AvgIpc) is 2.47. The first-order valence-corrected chi connectivity index (χ1v) is 4.03. The summed E-state index contributed by atoms with van der Waals surface area (Å²) in [5.74, 6) is -0.844. The topological polar surface area (TPSA) is 67.2 Å². The molecular formula is C8H13N3O2. The minimum atomic E-state index is -0.844. The molecule has 1 aromatic rings. The van der Waals surface area contributed by atoms with Crippen LogP contribution in [-0.2, 0) is 18.4 Å². The number of rotatable bonds is 4. The predicted molar refractivity (Wildman–Crippen MR) is 47.1 cm³/mol. The number of carboxylic acids is 1. The summed E-state index contributed by atoms with van der Waals surface area (Å²) in [7, 11) is 1.82. The van der Waals surface area contributed by atoms with Crippen molar-refractivity contribution in [2.75, 3.05) is 0 Å². The van der Waals surface area contributed by atoms with E-state index < -0.39 is 12.0 Å². The van der Waals surface area contributed by atoms with Crippen molar-refractivity contribution < 1.29 is 9.90 Å². The van der Waals surface area contributed by atoms with Gasteiger partial charge in [-0.1, -0.05) is 0 Å². The van der Waals surface area contributed by atoms with Gasteiger partial charge in [0.05, 0.1) is 6.20 Å². The summed E-state index contributed by atoms with van der Waals surface area (Å²) in [4.78, 5) is 10.4. The van der Waals surface area contributed by atoms with E-state index in [2.05, 4.69) is 10.4 Å². The number of hydrogen-bond donors (Lipinski definition) is 2. The van der Waals surface area contributed by atoms with Crippen molar-refractivity contribution in [3.8, 4) is 0 Å². The number of aromatic nitrogens is 2. The van der Waals surface area contributed by atoms with Gasteiger partial charge in [-0.15, -0.1) is 0 Å². The highest BCUT2D eigenvalue weighted by molar-refractivity contribution is 5.72. The largest absolute Gasteiger partial charge is 0.480 e. The highest BCUT2D eigenvalue weighted by Crippen LogP contribution is 1.95. The first-order chi connectivity index (χ1) is 6.09. The van der Waals surface area contributed by atoms with Crippen LogP contribution in [0, 0.1) is 0 Å². The van der Waals surface area contributed by atoms with Crippen molar-refractivity contribution in [2.24, 2.45) is 7.05 Å². The zero-order valence-corrected chi connectivity index (χ0v) is 7.69. The summed E-state index contributed by atoms with van der Waals surface area (Å²) in [6.45, 7) is 2.14. The molecule has 0 aliphatic carbocycles. The van der Waals surface area contributed by atoms with E-state index in [4.69, 9.17) is 5.11 Å². The smallest absolute Gasteiger partial charge is 0.320 e. The van der Waals surface area contributed by atoms with Crippen LogP contribution in [0.25, 0.3) is 0 Å². The second kappa shape index (κ2) is 4.04. The lowest BCUT2D eigenvalue weighted by Crippen LogP contribution is -2.32. The van der Waals surface area contributed by atoms with Gasteiger partial charge < -0.3 is 10.4 Å². The van der Waals surface area contributed by atoms with Gasteiger partial charge in [-0.05, 0) is 6.92 Å². The third-order valence-corrected chi connectivity index (χ3v) is 1.74. The summed E-state index contributed by atoms with van der Waals surface area (Å²) in [5, 5.41) is 15.4. The van der Waals surface area contributed by atoms with E-state index in [0.717, 1.165) is 5.56 Å². The fourth-order valence-corrected chi connectivity index (χ4v) is 0.921. The molecule has 0 fully saturated rings. The molecule has 0 aliphatic rings. The van der Waals surface area contributed by atoms with Crippen molar-refractivity contribution in [3.05, 3.63) is 18.0 Å². The fourth-order valence-electron chi connectivity index (χ4n) is 0.921. The van der Waals surface area contributed by atoms with Gasteiger partial charge in [-0.2, -0.15) is 5.10 Å². The molecule has 1 atom stereocenters. The zero-order valence-electron chi connectivity index (χ0n) is 7.69. The van der Waals surface area contributed by atoms with Crippen molar-refractivity contribution in [3.63, 3.8) is 0 Å². The number of hydrogen-bond acceptors (Lipinski definition) is 3. The monoisotopic (exact) mass is 183 g/mol. The Morgan fingerprint density at radius 1 is 1.85 bits per heavy atom. The van der Waals surface area contributed by atoms with Gasteiger partial charge in [-0.3, -0.25) is 9.48 Å². The molecular weight excluding hydrogens is 170 g/mol. The SMILES string of the molecule is C[C@H](NCc1cnn(C)c1)C(=O)O. The van der Waals surface area contributed by atoms with E-state index >= 15 is 0 Å². The molecule has 0 aliphatic heterocycles. The van der Waals surface area contributed by atoms with Gasteiger partial charge >= 0.3 is 5.97 Å². The fraction of sp³-hybridized carbons (Fsp3) is 0.500. The number of aryl methyl sites for hydroxylation is 1. The van der Waals surface area contributed by atoms with Crippen LogP contribution in [0.3, 0.4) is 0 Å². The molecule has 2 N–H and O–H groups in total. The van der Waals surface area contributed by atoms with Crippen molar-refractivity contribution in [2.45, 2.75) is 19.5 Å². The Kier molecular flexibility index (Phi) is 3.02. The number of aliphatic carboxylic acids is 1. The van der Waals surface area contributed by atoms with Crippen LogP contribution in [0.1, 0.15) is 12.5 Å². The van der Waals surface area contributed by atoms with Gasteiger partial charge in [0, 0.05) is 25.4 Å². The van der Waals surface area contributed by atoms with Crippen LogP contribution in [-0.4, -0.2) is 26.9 Å². The minimum absolute atomic E-state index is 0.528. The van der Waals surface area contributed by atoms with E-state index in [1.165, 1.54) is 0 Å². The Hall–Kier alpha value is -1.36. The zero-order chi connectivity index (χ0) is 9.84. The molecule has 0 bridgehead atoms. The quantitative estimate of drug-likeness (QED) is 0.688. The second-order valence-corrected chi connectivity index (χ2v) is 2.96. The van der Waals surface area contributed by atoms with Crippen LogP contribution >= 0.6 is 0 Å². The number of nitrogens with one attached hydrogen (secondary N) is 1. The lowest BCUT2D eigenvalue weighted by molar-refractivity contribution is -0.139. The van der Waals surface area contributed by atoms with Crippen LogP contribution in [0.4, 0.5) is 0 Å². The molecule has 0 unspecified atom stereocenters. The maximum Gasteiger partial charge on any atom is 0.320 e. The maximum absolute atomic E-state index is 10.4. The number of nitrogens with zero attached hydrogens (tertiary/aromatic N) is 2. The predicted octanol–water partition coefficient (Wildman–Crippen LogP) is -0.0172. The first kappa shape index (κ1) is 9.73. The van der Waals surface area contributed by atoms with E-state index in [0.29, 0.717) is 6.54 Å². The summed E-state index contributed by atoms with van der Waals surface area (Å²) in [6.07, 6.45) is 3.56. The normalized spacial score (nSPS) is 12.8. The Morgan fingerprint density at radius 3 is 3.00 bits per heavy atom. The molecule has 0 saturated carbocycles. The van der Waals surface area contributed by atoms with E-state index in [1.54, 1.807) is 17.8 Å². The summed E-state index contributed by atoms with van der Waals surface area (Å²) < 4.78 is 1.68. The molecule has 13 heavy (non-hydrogen) atoms. The highest BCUT2D eigenvalue weighted by atomic mass is 16.4. The summed E-state index contributed by atoms with van der Waals surface area (Å²) in [5.41, 5.74) is 0.982. The highest BCUT2D eigenvalue weighted by Gasteiger charge is 2.09.